The molecule has 0 radical (unpaired) electrons. The maximum atomic E-state index is 12.4. The van der Waals surface area contributed by atoms with Crippen molar-refractivity contribution in [3.05, 3.63) is 82.9 Å². The van der Waals surface area contributed by atoms with Crippen molar-refractivity contribution in [1.29, 1.82) is 0 Å². The van der Waals surface area contributed by atoms with Gasteiger partial charge in [-0.2, -0.15) is 5.10 Å². The molecule has 1 heterocycles. The van der Waals surface area contributed by atoms with Crippen LogP contribution in [0.4, 0.5) is 0 Å². The Kier molecular flexibility index (Phi) is 4.78. The van der Waals surface area contributed by atoms with Crippen LogP contribution in [0.2, 0.25) is 5.02 Å². The molecule has 3 N–H and O–H groups in total. The molecule has 0 spiro atoms. The Bertz CT molecular complexity index is 1200. The third-order valence-corrected chi connectivity index (χ3v) is 4.52. The van der Waals surface area contributed by atoms with Crippen molar-refractivity contribution >= 4 is 34.8 Å². The summed E-state index contributed by atoms with van der Waals surface area (Å²) in [5.41, 5.74) is 5.58. The monoisotopic (exact) mass is 390 g/mol. The smallest absolute Gasteiger partial charge is 0.271 e. The van der Waals surface area contributed by atoms with Crippen molar-refractivity contribution < 1.29 is 9.90 Å². The highest BCUT2D eigenvalue weighted by Crippen LogP contribution is 2.28. The summed E-state index contributed by atoms with van der Waals surface area (Å²) in [5.74, 6) is 0.305. The largest absolute Gasteiger partial charge is 0.507 e. The second-order valence-electron chi connectivity index (χ2n) is 6.06. The first-order valence-electron chi connectivity index (χ1n) is 8.48. The van der Waals surface area contributed by atoms with Gasteiger partial charge in [0.1, 0.15) is 11.6 Å². The average Bonchev–Trinajstić information content (AvgIpc) is 3.12. The van der Waals surface area contributed by atoms with Gasteiger partial charge in [-0.15, -0.1) is 0 Å². The first kappa shape index (κ1) is 17.8. The minimum absolute atomic E-state index is 0.133. The zero-order valence-electron chi connectivity index (χ0n) is 14.6. The van der Waals surface area contributed by atoms with Crippen molar-refractivity contribution in [1.82, 2.24) is 15.4 Å². The van der Waals surface area contributed by atoms with Crippen LogP contribution >= 0.6 is 11.6 Å². The van der Waals surface area contributed by atoms with Gasteiger partial charge in [0.2, 0.25) is 0 Å². The van der Waals surface area contributed by atoms with E-state index < -0.39 is 0 Å². The summed E-state index contributed by atoms with van der Waals surface area (Å²) in [4.78, 5) is 20.0. The number of hydrazone groups is 1. The quantitative estimate of drug-likeness (QED) is 0.357. The molecule has 0 aliphatic heterocycles. The van der Waals surface area contributed by atoms with Gasteiger partial charge in [0.05, 0.1) is 22.8 Å². The van der Waals surface area contributed by atoms with E-state index in [9.17, 15) is 9.90 Å². The first-order chi connectivity index (χ1) is 13.6. The van der Waals surface area contributed by atoms with Gasteiger partial charge in [-0.3, -0.25) is 4.79 Å². The summed E-state index contributed by atoms with van der Waals surface area (Å²) in [7, 11) is 0. The number of para-hydroxylation sites is 1. The van der Waals surface area contributed by atoms with Gasteiger partial charge in [0.25, 0.3) is 5.91 Å². The number of nitrogens with zero attached hydrogens (tertiary/aromatic N) is 2. The van der Waals surface area contributed by atoms with Gasteiger partial charge in [-0.05, 0) is 36.4 Å². The van der Waals surface area contributed by atoms with Crippen LogP contribution in [0.25, 0.3) is 22.4 Å². The van der Waals surface area contributed by atoms with Crippen molar-refractivity contribution in [3.8, 4) is 17.1 Å². The van der Waals surface area contributed by atoms with E-state index in [0.717, 1.165) is 0 Å². The number of imidazole rings is 1. The molecule has 0 saturated heterocycles. The van der Waals surface area contributed by atoms with Gasteiger partial charge in [0.15, 0.2) is 0 Å². The molecule has 4 rings (SSSR count). The fourth-order valence-corrected chi connectivity index (χ4v) is 2.94. The van der Waals surface area contributed by atoms with Crippen molar-refractivity contribution in [2.24, 2.45) is 5.10 Å². The Hall–Kier alpha value is -3.64. The standard InChI is InChI=1S/C21H15ClN4O2/c22-16-7-3-1-5-14(16)12-23-26-21(28)13-9-10-17-18(11-13)25-20(24-17)15-6-2-4-8-19(15)27/h1-12,27H,(H,24,25)(H,26,28)/b23-12+. The molecule has 0 atom stereocenters. The third-order valence-electron chi connectivity index (χ3n) is 4.18. The number of halogens is 1. The molecule has 0 unspecified atom stereocenters. The molecule has 1 amide bonds. The molecule has 4 aromatic rings. The number of nitrogens with one attached hydrogen (secondary N) is 2. The van der Waals surface area contributed by atoms with Crippen LogP contribution in [-0.2, 0) is 0 Å². The van der Waals surface area contributed by atoms with E-state index in [4.69, 9.17) is 11.6 Å². The first-order valence-corrected chi connectivity index (χ1v) is 8.86. The molecule has 3 aromatic carbocycles. The Labute approximate surface area is 165 Å². The van der Waals surface area contributed by atoms with Gasteiger partial charge in [0, 0.05) is 16.1 Å². The number of benzene rings is 3. The van der Waals surface area contributed by atoms with E-state index in [1.807, 2.05) is 18.2 Å². The van der Waals surface area contributed by atoms with Crippen LogP contribution in [0, 0.1) is 0 Å². The number of rotatable bonds is 4. The number of hydrogen-bond donors (Lipinski definition) is 3. The highest BCUT2D eigenvalue weighted by atomic mass is 35.5. The summed E-state index contributed by atoms with van der Waals surface area (Å²) >= 11 is 6.05. The predicted octanol–water partition coefficient (Wildman–Crippen LogP) is 4.35. The molecule has 0 bridgehead atoms. The van der Waals surface area contributed by atoms with E-state index in [1.54, 1.807) is 48.5 Å². The van der Waals surface area contributed by atoms with Gasteiger partial charge >= 0.3 is 0 Å². The number of hydrogen-bond acceptors (Lipinski definition) is 4. The number of aromatic amines is 1. The van der Waals surface area contributed by atoms with Crippen LogP contribution in [-0.4, -0.2) is 27.2 Å². The minimum Gasteiger partial charge on any atom is -0.507 e. The fourth-order valence-electron chi connectivity index (χ4n) is 2.76. The van der Waals surface area contributed by atoms with E-state index in [1.165, 1.54) is 6.21 Å². The van der Waals surface area contributed by atoms with E-state index in [2.05, 4.69) is 20.5 Å². The number of aromatic hydroxyl groups is 1. The van der Waals surface area contributed by atoms with Gasteiger partial charge in [-0.25, -0.2) is 10.4 Å². The minimum atomic E-state index is -0.357. The molecule has 1 aromatic heterocycles. The fraction of sp³-hybridized carbons (Fsp3) is 0. The summed E-state index contributed by atoms with van der Waals surface area (Å²) in [6.45, 7) is 0. The average molecular weight is 391 g/mol. The highest BCUT2D eigenvalue weighted by molar-refractivity contribution is 6.33. The van der Waals surface area contributed by atoms with E-state index in [-0.39, 0.29) is 11.7 Å². The van der Waals surface area contributed by atoms with Gasteiger partial charge in [-0.1, -0.05) is 41.9 Å². The van der Waals surface area contributed by atoms with Crippen LogP contribution in [0.15, 0.2) is 71.8 Å². The SMILES string of the molecule is O=C(N/N=C/c1ccccc1Cl)c1ccc2nc(-c3ccccc3O)[nH]c2c1. The van der Waals surface area contributed by atoms with Gasteiger partial charge < -0.3 is 10.1 Å². The molecule has 0 aliphatic carbocycles. The lowest BCUT2D eigenvalue weighted by molar-refractivity contribution is 0.0955. The number of aromatic nitrogens is 2. The number of H-pyrrole nitrogens is 1. The molecule has 0 saturated carbocycles. The zero-order valence-corrected chi connectivity index (χ0v) is 15.3. The van der Waals surface area contributed by atoms with Crippen molar-refractivity contribution in [2.75, 3.05) is 0 Å². The predicted molar refractivity (Wildman–Crippen MR) is 110 cm³/mol. The lowest BCUT2D eigenvalue weighted by Gasteiger charge is -2.00. The summed E-state index contributed by atoms with van der Waals surface area (Å²) < 4.78 is 0. The second-order valence-corrected chi connectivity index (χ2v) is 6.46. The second kappa shape index (κ2) is 7.54. The maximum Gasteiger partial charge on any atom is 0.271 e. The Balaban J connectivity index is 1.55. The number of fused-ring (bicyclic) bond motifs is 1. The number of phenolic OH excluding ortho intramolecular Hbond substituents is 1. The van der Waals surface area contributed by atoms with Crippen molar-refractivity contribution in [2.45, 2.75) is 0 Å². The molecule has 0 aliphatic rings. The van der Waals surface area contributed by atoms with Crippen LogP contribution in [0.1, 0.15) is 15.9 Å². The van der Waals surface area contributed by atoms with Crippen LogP contribution < -0.4 is 5.43 Å². The Morgan fingerprint density at radius 3 is 2.71 bits per heavy atom. The van der Waals surface area contributed by atoms with Crippen LogP contribution in [0.5, 0.6) is 5.75 Å². The number of amides is 1. The summed E-state index contributed by atoms with van der Waals surface area (Å²) in [6, 6.07) is 19.2. The van der Waals surface area contributed by atoms with Crippen molar-refractivity contribution in [3.63, 3.8) is 0 Å². The van der Waals surface area contributed by atoms with Crippen LogP contribution in [0.3, 0.4) is 0 Å². The third kappa shape index (κ3) is 3.58. The molecule has 6 nitrogen and oxygen atoms in total. The van der Waals surface area contributed by atoms with E-state index in [0.29, 0.717) is 38.6 Å². The normalized spacial score (nSPS) is 11.2. The number of carbonyl (C=O) groups is 1. The topological polar surface area (TPSA) is 90.4 Å². The lowest BCUT2D eigenvalue weighted by Crippen LogP contribution is -2.17. The molecule has 0 fully saturated rings. The molecule has 28 heavy (non-hydrogen) atoms. The Morgan fingerprint density at radius 2 is 1.89 bits per heavy atom. The Morgan fingerprint density at radius 1 is 1.11 bits per heavy atom. The number of carbonyl (C=O) groups excluding carboxylic acids is 1. The summed E-state index contributed by atoms with van der Waals surface area (Å²) in [5, 5.41) is 14.5. The highest BCUT2D eigenvalue weighted by Gasteiger charge is 2.11. The maximum absolute atomic E-state index is 12.4. The molecule has 7 heteroatoms. The molecular weight excluding hydrogens is 376 g/mol. The summed E-state index contributed by atoms with van der Waals surface area (Å²) in [6.07, 6.45) is 1.49. The zero-order chi connectivity index (χ0) is 19.5. The molecule has 138 valence electrons. The lowest BCUT2D eigenvalue weighted by atomic mass is 10.2. The number of phenols is 1. The molecular formula is C21H15ClN4O2. The van der Waals surface area contributed by atoms with E-state index >= 15 is 0 Å².